The van der Waals surface area contributed by atoms with Gasteiger partial charge in [-0.3, -0.25) is 28.9 Å². The molecule has 1 heterocycles. The van der Waals surface area contributed by atoms with Crippen LogP contribution >= 0.6 is 0 Å². The van der Waals surface area contributed by atoms with Gasteiger partial charge < -0.3 is 30.7 Å². The number of rotatable bonds is 16. The molecule has 0 aliphatic carbocycles. The normalized spacial score (nSPS) is 16.1. The number of carbonyl (C=O) groups is 6. The van der Waals surface area contributed by atoms with Crippen LogP contribution in [0.1, 0.15) is 59.4 Å². The quantitative estimate of drug-likeness (QED) is 0.167. The average Bonchev–Trinajstić information content (AvgIpc) is 3.19. The summed E-state index contributed by atoms with van der Waals surface area (Å²) in [7, 11) is 0. The summed E-state index contributed by atoms with van der Waals surface area (Å²) in [4.78, 5) is 74.5. The predicted molar refractivity (Wildman–Crippen MR) is 154 cm³/mol. The van der Waals surface area contributed by atoms with Gasteiger partial charge in [0.05, 0.1) is 6.61 Å². The highest BCUT2D eigenvalue weighted by Gasteiger charge is 2.35. The molecule has 232 valence electrons. The van der Waals surface area contributed by atoms with Crippen molar-refractivity contribution in [3.05, 3.63) is 29.8 Å². The van der Waals surface area contributed by atoms with Crippen molar-refractivity contribution >= 4 is 41.3 Å². The zero-order valence-electron chi connectivity index (χ0n) is 25.0. The number of nitrogens with one attached hydrogen (secondary N) is 4. The first-order valence-electron chi connectivity index (χ1n) is 14.2. The number of carbonyl (C=O) groups excluding carboxylic acids is 6. The Bertz CT molecular complexity index is 1110. The highest BCUT2D eigenvalue weighted by Crippen LogP contribution is 2.18. The summed E-state index contributed by atoms with van der Waals surface area (Å²) in [5.74, 6) is -2.24. The van der Waals surface area contributed by atoms with Crippen molar-refractivity contribution in [3.63, 3.8) is 0 Å². The Morgan fingerprint density at radius 2 is 1.69 bits per heavy atom. The van der Waals surface area contributed by atoms with E-state index in [4.69, 9.17) is 9.47 Å². The van der Waals surface area contributed by atoms with Crippen molar-refractivity contribution < 1.29 is 38.2 Å². The maximum Gasteiger partial charge on any atom is 0.407 e. The van der Waals surface area contributed by atoms with Crippen molar-refractivity contribution in [1.82, 2.24) is 20.9 Å². The number of ether oxygens (including phenoxy) is 2. The molecule has 1 aromatic carbocycles. The van der Waals surface area contributed by atoms with Gasteiger partial charge >= 0.3 is 6.09 Å². The molecule has 3 unspecified atom stereocenters. The van der Waals surface area contributed by atoms with Crippen LogP contribution in [0.15, 0.2) is 24.3 Å². The van der Waals surface area contributed by atoms with Gasteiger partial charge in [0.2, 0.25) is 29.5 Å². The van der Waals surface area contributed by atoms with E-state index in [1.54, 1.807) is 52.0 Å². The topological polar surface area (TPSA) is 172 Å². The number of nitrogens with zero attached hydrogens (tertiary/aromatic N) is 1. The highest BCUT2D eigenvalue weighted by molar-refractivity contribution is 6.03. The van der Waals surface area contributed by atoms with E-state index in [-0.39, 0.29) is 68.7 Å². The summed E-state index contributed by atoms with van der Waals surface area (Å²) in [5.41, 5.74) is 1.14. The number of likely N-dealkylation sites (tertiary alicyclic amines) is 1. The van der Waals surface area contributed by atoms with Crippen LogP contribution < -0.4 is 21.3 Å². The number of benzene rings is 1. The molecule has 1 aliphatic rings. The van der Waals surface area contributed by atoms with E-state index in [1.807, 2.05) is 6.92 Å². The molecule has 13 heteroatoms. The molecule has 13 nitrogen and oxygen atoms in total. The third-order valence-corrected chi connectivity index (χ3v) is 6.51. The third kappa shape index (κ3) is 11.1. The number of hydrogen-bond donors (Lipinski definition) is 4. The van der Waals surface area contributed by atoms with Crippen LogP contribution in [0, 0.1) is 11.8 Å². The number of hydrogen-bond acceptors (Lipinski definition) is 8. The molecular weight excluding hydrogens is 546 g/mol. The number of amides is 6. The fourth-order valence-electron chi connectivity index (χ4n) is 4.05. The van der Waals surface area contributed by atoms with E-state index in [2.05, 4.69) is 21.3 Å². The predicted octanol–water partition coefficient (Wildman–Crippen LogP) is 1.71. The Kier molecular flexibility index (Phi) is 13.9. The maximum atomic E-state index is 12.8. The fourth-order valence-corrected chi connectivity index (χ4v) is 4.05. The standard InChI is InChI=1S/C29H43N5O8/c1-6-14-41-15-11-23(35)33-25(18(2)3)27(38)31-20(5)26(37)32-22-9-7-21(8-10-22)17-42-29(40)30-12-13-34-24(36)16-19(4)28(34)39/h7-10,18-20,25H,6,11-17H2,1-5H3,(H,30,40)(H,31,38)(H,32,37)(H,33,35). The van der Waals surface area contributed by atoms with Crippen LogP contribution in [0.4, 0.5) is 10.5 Å². The second kappa shape index (κ2) is 17.1. The van der Waals surface area contributed by atoms with Crippen LogP contribution in [0.3, 0.4) is 0 Å². The Hall–Kier alpha value is -4.00. The first-order chi connectivity index (χ1) is 19.9. The summed E-state index contributed by atoms with van der Waals surface area (Å²) < 4.78 is 10.5. The van der Waals surface area contributed by atoms with Crippen molar-refractivity contribution in [2.45, 2.75) is 72.6 Å². The molecule has 0 saturated carbocycles. The van der Waals surface area contributed by atoms with Gasteiger partial charge in [-0.1, -0.05) is 39.8 Å². The first kappa shape index (κ1) is 34.2. The van der Waals surface area contributed by atoms with Crippen molar-refractivity contribution in [2.24, 2.45) is 11.8 Å². The first-order valence-corrected chi connectivity index (χ1v) is 14.2. The van der Waals surface area contributed by atoms with E-state index in [0.717, 1.165) is 11.3 Å². The lowest BCUT2D eigenvalue weighted by Gasteiger charge is -2.24. The fraction of sp³-hybridized carbons (Fsp3) is 0.586. The van der Waals surface area contributed by atoms with Crippen LogP contribution in [-0.4, -0.2) is 78.9 Å². The molecule has 1 saturated heterocycles. The zero-order valence-corrected chi connectivity index (χ0v) is 25.0. The van der Waals surface area contributed by atoms with Gasteiger partial charge in [-0.15, -0.1) is 0 Å². The molecule has 0 aromatic heterocycles. The van der Waals surface area contributed by atoms with Crippen LogP contribution in [0.25, 0.3) is 0 Å². The van der Waals surface area contributed by atoms with Gasteiger partial charge in [0, 0.05) is 44.1 Å². The van der Waals surface area contributed by atoms with E-state index < -0.39 is 30.0 Å². The summed E-state index contributed by atoms with van der Waals surface area (Å²) >= 11 is 0. The lowest BCUT2D eigenvalue weighted by molar-refractivity contribution is -0.139. The number of alkyl carbamates (subject to hydrolysis) is 1. The second-order valence-electron chi connectivity index (χ2n) is 10.6. The molecule has 0 bridgehead atoms. The number of anilines is 1. The molecule has 3 atom stereocenters. The summed E-state index contributed by atoms with van der Waals surface area (Å²) in [6, 6.07) is 4.93. The lowest BCUT2D eigenvalue weighted by Crippen LogP contribution is -2.53. The van der Waals surface area contributed by atoms with Gasteiger partial charge in [0.1, 0.15) is 18.7 Å². The molecule has 1 aromatic rings. The van der Waals surface area contributed by atoms with Gasteiger partial charge in [-0.2, -0.15) is 0 Å². The summed E-state index contributed by atoms with van der Waals surface area (Å²) in [6.45, 7) is 9.79. The summed E-state index contributed by atoms with van der Waals surface area (Å²) in [5, 5.41) is 10.6. The largest absolute Gasteiger partial charge is 0.445 e. The maximum absolute atomic E-state index is 12.8. The Balaban J connectivity index is 1.75. The Morgan fingerprint density at radius 1 is 1.00 bits per heavy atom. The minimum absolute atomic E-state index is 0.0296. The van der Waals surface area contributed by atoms with Crippen LogP contribution in [-0.2, 0) is 40.1 Å². The molecule has 4 N–H and O–H groups in total. The molecule has 42 heavy (non-hydrogen) atoms. The molecule has 0 spiro atoms. The highest BCUT2D eigenvalue weighted by atomic mass is 16.5. The molecule has 1 aliphatic heterocycles. The molecular formula is C29H43N5O8. The zero-order chi connectivity index (χ0) is 31.2. The van der Waals surface area contributed by atoms with Crippen LogP contribution in [0.2, 0.25) is 0 Å². The monoisotopic (exact) mass is 589 g/mol. The SMILES string of the molecule is CCCOCCC(=O)NC(C(=O)NC(C)C(=O)Nc1ccc(COC(=O)NCCN2C(=O)CC(C)C2=O)cc1)C(C)C. The van der Waals surface area contributed by atoms with Gasteiger partial charge in [-0.05, 0) is 37.0 Å². The van der Waals surface area contributed by atoms with Gasteiger partial charge in [-0.25, -0.2) is 4.79 Å². The average molecular weight is 590 g/mol. The molecule has 1 fully saturated rings. The molecule has 2 rings (SSSR count). The van der Waals surface area contributed by atoms with E-state index in [0.29, 0.717) is 17.9 Å². The smallest absolute Gasteiger partial charge is 0.407 e. The van der Waals surface area contributed by atoms with E-state index in [9.17, 15) is 28.8 Å². The second-order valence-corrected chi connectivity index (χ2v) is 10.6. The van der Waals surface area contributed by atoms with Crippen LogP contribution in [0.5, 0.6) is 0 Å². The van der Waals surface area contributed by atoms with Crippen molar-refractivity contribution in [2.75, 3.05) is 31.6 Å². The lowest BCUT2D eigenvalue weighted by atomic mass is 10.0. The van der Waals surface area contributed by atoms with Gasteiger partial charge in [0.25, 0.3) is 0 Å². The van der Waals surface area contributed by atoms with E-state index in [1.165, 1.54) is 0 Å². The minimum atomic E-state index is -0.871. The van der Waals surface area contributed by atoms with Crippen molar-refractivity contribution in [1.29, 1.82) is 0 Å². The molecule has 6 amide bonds. The third-order valence-electron chi connectivity index (χ3n) is 6.51. The number of imide groups is 1. The minimum Gasteiger partial charge on any atom is -0.445 e. The van der Waals surface area contributed by atoms with Gasteiger partial charge in [0.15, 0.2) is 0 Å². The van der Waals surface area contributed by atoms with E-state index >= 15 is 0 Å². The summed E-state index contributed by atoms with van der Waals surface area (Å²) in [6.07, 6.45) is 0.484. The van der Waals surface area contributed by atoms with Crippen molar-refractivity contribution in [3.8, 4) is 0 Å². The molecule has 0 radical (unpaired) electrons. The Labute approximate surface area is 246 Å². The Morgan fingerprint density at radius 3 is 2.29 bits per heavy atom.